The number of pyridine rings is 1. The highest BCUT2D eigenvalue weighted by Gasteiger charge is 2.02. The highest BCUT2D eigenvalue weighted by molar-refractivity contribution is 7.98. The maximum Gasteiger partial charge on any atom is 0.243 e. The number of aromatic nitrogens is 3. The van der Waals surface area contributed by atoms with Gasteiger partial charge in [-0.2, -0.15) is 16.7 Å². The van der Waals surface area contributed by atoms with Gasteiger partial charge >= 0.3 is 0 Å². The Morgan fingerprint density at radius 1 is 1.28 bits per heavy atom. The first kappa shape index (κ1) is 13.2. The molecule has 0 amide bonds. The number of nitrogens with one attached hydrogen (secondary N) is 1. The van der Waals surface area contributed by atoms with E-state index in [1.165, 1.54) is 30.6 Å². The van der Waals surface area contributed by atoms with Crippen molar-refractivity contribution < 1.29 is 0 Å². The van der Waals surface area contributed by atoms with Crippen molar-refractivity contribution in [3.8, 4) is 0 Å². The van der Waals surface area contributed by atoms with Crippen LogP contribution >= 0.6 is 11.8 Å². The molecule has 0 fully saturated rings. The zero-order valence-electron chi connectivity index (χ0n) is 11.0. The molecule has 5 heteroatoms. The lowest BCUT2D eigenvalue weighted by molar-refractivity contribution is 0.746. The summed E-state index contributed by atoms with van der Waals surface area (Å²) in [7, 11) is 0. The predicted molar refractivity (Wildman–Crippen MR) is 78.4 cm³/mol. The molecular formula is C13H20N4S. The second-order valence-electron chi connectivity index (χ2n) is 4.42. The number of anilines is 1. The van der Waals surface area contributed by atoms with Gasteiger partial charge in [-0.05, 0) is 43.4 Å². The van der Waals surface area contributed by atoms with E-state index in [4.69, 9.17) is 0 Å². The van der Waals surface area contributed by atoms with Crippen LogP contribution in [-0.2, 0) is 0 Å². The normalized spacial score (nSPS) is 11.0. The van der Waals surface area contributed by atoms with E-state index in [0.717, 1.165) is 18.1 Å². The van der Waals surface area contributed by atoms with Crippen molar-refractivity contribution >= 4 is 23.4 Å². The summed E-state index contributed by atoms with van der Waals surface area (Å²) in [6.45, 7) is 3.00. The van der Waals surface area contributed by atoms with Crippen LogP contribution in [0.5, 0.6) is 0 Å². The van der Waals surface area contributed by atoms with Gasteiger partial charge in [0.25, 0.3) is 0 Å². The van der Waals surface area contributed by atoms with Crippen molar-refractivity contribution in [2.75, 3.05) is 23.9 Å². The number of hydrogen-bond acceptors (Lipinski definition) is 4. The number of fused-ring (bicyclic) bond motifs is 1. The molecule has 0 unspecified atom stereocenters. The SMILES string of the molecule is CSCCCCCNc1nc2ccc(C)cn2n1. The monoisotopic (exact) mass is 264 g/mol. The number of nitrogens with zero attached hydrogens (tertiary/aromatic N) is 3. The summed E-state index contributed by atoms with van der Waals surface area (Å²) in [6, 6.07) is 4.04. The molecule has 18 heavy (non-hydrogen) atoms. The van der Waals surface area contributed by atoms with Gasteiger partial charge in [-0.25, -0.2) is 4.52 Å². The molecule has 0 saturated carbocycles. The Balaban J connectivity index is 1.81. The number of unbranched alkanes of at least 4 members (excludes halogenated alkanes) is 2. The fraction of sp³-hybridized carbons (Fsp3) is 0.538. The van der Waals surface area contributed by atoms with Crippen LogP contribution in [0.1, 0.15) is 24.8 Å². The van der Waals surface area contributed by atoms with Gasteiger partial charge in [-0.15, -0.1) is 5.10 Å². The summed E-state index contributed by atoms with van der Waals surface area (Å²) in [5, 5.41) is 7.68. The topological polar surface area (TPSA) is 42.2 Å². The fourth-order valence-electron chi connectivity index (χ4n) is 1.81. The quantitative estimate of drug-likeness (QED) is 0.781. The van der Waals surface area contributed by atoms with Crippen molar-refractivity contribution in [1.29, 1.82) is 0 Å². The van der Waals surface area contributed by atoms with Crippen molar-refractivity contribution in [3.05, 3.63) is 23.9 Å². The van der Waals surface area contributed by atoms with Crippen LogP contribution in [-0.4, -0.2) is 33.2 Å². The maximum atomic E-state index is 4.42. The standard InChI is InChI=1S/C13H20N4S/c1-11-6-7-12-15-13(16-17(12)10-11)14-8-4-3-5-9-18-2/h6-7,10H,3-5,8-9H2,1-2H3,(H,14,16). The third kappa shape index (κ3) is 3.63. The molecule has 0 aliphatic carbocycles. The van der Waals surface area contributed by atoms with E-state index in [-0.39, 0.29) is 0 Å². The highest BCUT2D eigenvalue weighted by Crippen LogP contribution is 2.08. The predicted octanol–water partition coefficient (Wildman–Crippen LogP) is 2.98. The van der Waals surface area contributed by atoms with E-state index in [1.54, 1.807) is 0 Å². The van der Waals surface area contributed by atoms with Crippen LogP contribution in [0, 0.1) is 6.92 Å². The Hall–Kier alpha value is -1.23. The van der Waals surface area contributed by atoms with Gasteiger partial charge in [0, 0.05) is 12.7 Å². The molecule has 0 aromatic carbocycles. The van der Waals surface area contributed by atoms with Gasteiger partial charge in [-0.3, -0.25) is 0 Å². The molecule has 0 aliphatic heterocycles. The molecule has 2 aromatic heterocycles. The van der Waals surface area contributed by atoms with Gasteiger partial charge in [0.05, 0.1) is 0 Å². The smallest absolute Gasteiger partial charge is 0.243 e. The Morgan fingerprint density at radius 3 is 3.00 bits per heavy atom. The molecule has 98 valence electrons. The minimum atomic E-state index is 0.727. The van der Waals surface area contributed by atoms with Gasteiger partial charge in [0.2, 0.25) is 5.95 Å². The van der Waals surface area contributed by atoms with E-state index in [2.05, 4.69) is 34.6 Å². The minimum Gasteiger partial charge on any atom is -0.353 e. The Bertz CT molecular complexity index is 495. The van der Waals surface area contributed by atoms with Crippen LogP contribution in [0.25, 0.3) is 5.65 Å². The molecule has 0 atom stereocenters. The van der Waals surface area contributed by atoms with E-state index < -0.39 is 0 Å². The Kier molecular flexibility index (Phi) is 4.87. The van der Waals surface area contributed by atoms with Gasteiger partial charge in [-0.1, -0.05) is 12.5 Å². The van der Waals surface area contributed by atoms with Crippen LogP contribution in [0.3, 0.4) is 0 Å². The number of thioether (sulfide) groups is 1. The fourth-order valence-corrected chi connectivity index (χ4v) is 2.30. The summed E-state index contributed by atoms with van der Waals surface area (Å²) < 4.78 is 1.82. The average molecular weight is 264 g/mol. The van der Waals surface area contributed by atoms with Gasteiger partial charge in [0.15, 0.2) is 5.65 Å². The largest absolute Gasteiger partial charge is 0.353 e. The van der Waals surface area contributed by atoms with Crippen LogP contribution < -0.4 is 5.32 Å². The molecule has 0 bridgehead atoms. The lowest BCUT2D eigenvalue weighted by atomic mass is 10.2. The first-order valence-corrected chi connectivity index (χ1v) is 7.75. The van der Waals surface area contributed by atoms with E-state index in [1.807, 2.05) is 28.5 Å². The second kappa shape index (κ2) is 6.64. The molecule has 1 N–H and O–H groups in total. The number of rotatable bonds is 7. The molecular weight excluding hydrogens is 244 g/mol. The highest BCUT2D eigenvalue weighted by atomic mass is 32.2. The molecule has 0 aliphatic rings. The van der Waals surface area contributed by atoms with Crippen molar-refractivity contribution in [3.63, 3.8) is 0 Å². The third-order valence-corrected chi connectivity index (χ3v) is 3.48. The minimum absolute atomic E-state index is 0.727. The zero-order chi connectivity index (χ0) is 12.8. The number of hydrogen-bond donors (Lipinski definition) is 1. The van der Waals surface area contributed by atoms with Gasteiger partial charge < -0.3 is 5.32 Å². The Morgan fingerprint density at radius 2 is 2.17 bits per heavy atom. The first-order chi connectivity index (χ1) is 8.79. The van der Waals surface area contributed by atoms with E-state index in [0.29, 0.717) is 0 Å². The summed E-state index contributed by atoms with van der Waals surface area (Å²) in [4.78, 5) is 4.42. The molecule has 0 saturated heterocycles. The van der Waals surface area contributed by atoms with E-state index in [9.17, 15) is 0 Å². The zero-order valence-corrected chi connectivity index (χ0v) is 11.8. The van der Waals surface area contributed by atoms with Crippen LogP contribution in [0.4, 0.5) is 5.95 Å². The van der Waals surface area contributed by atoms with E-state index >= 15 is 0 Å². The first-order valence-electron chi connectivity index (χ1n) is 6.35. The maximum absolute atomic E-state index is 4.42. The Labute approximate surface area is 112 Å². The summed E-state index contributed by atoms with van der Waals surface area (Å²) in [5.74, 6) is 1.98. The molecule has 2 aromatic rings. The average Bonchev–Trinajstić information content (AvgIpc) is 2.75. The third-order valence-electron chi connectivity index (χ3n) is 2.79. The van der Waals surface area contributed by atoms with Crippen molar-refractivity contribution in [2.45, 2.75) is 26.2 Å². The molecule has 0 spiro atoms. The lowest BCUT2D eigenvalue weighted by Gasteiger charge is -2.00. The second-order valence-corrected chi connectivity index (χ2v) is 5.41. The molecule has 0 radical (unpaired) electrons. The molecule has 4 nitrogen and oxygen atoms in total. The summed E-state index contributed by atoms with van der Waals surface area (Å²) in [5.41, 5.74) is 2.08. The number of aryl methyl sites for hydroxylation is 1. The summed E-state index contributed by atoms with van der Waals surface area (Å²) >= 11 is 1.91. The van der Waals surface area contributed by atoms with Crippen LogP contribution in [0.15, 0.2) is 18.3 Å². The lowest BCUT2D eigenvalue weighted by Crippen LogP contribution is -2.03. The summed E-state index contributed by atoms with van der Waals surface area (Å²) in [6.07, 6.45) is 7.88. The molecule has 2 rings (SSSR count). The van der Waals surface area contributed by atoms with Crippen molar-refractivity contribution in [1.82, 2.24) is 14.6 Å². The molecule has 2 heterocycles. The van der Waals surface area contributed by atoms with Crippen LogP contribution in [0.2, 0.25) is 0 Å². The van der Waals surface area contributed by atoms with Gasteiger partial charge in [0.1, 0.15) is 0 Å². The van der Waals surface area contributed by atoms with Crippen molar-refractivity contribution in [2.24, 2.45) is 0 Å².